The molecule has 1 fully saturated rings. The lowest BCUT2D eigenvalue weighted by atomic mass is 9.99. The summed E-state index contributed by atoms with van der Waals surface area (Å²) in [6.45, 7) is 11.6. The van der Waals surface area contributed by atoms with E-state index in [1.54, 1.807) is 0 Å². The number of piperazine rings is 1. The lowest BCUT2D eigenvalue weighted by Gasteiger charge is -2.39. The van der Waals surface area contributed by atoms with Crippen LogP contribution < -0.4 is 9.47 Å². The van der Waals surface area contributed by atoms with Crippen molar-refractivity contribution in [1.82, 2.24) is 30.0 Å². The van der Waals surface area contributed by atoms with Crippen LogP contribution in [-0.2, 0) is 12.1 Å². The minimum atomic E-state index is -0.146. The maximum absolute atomic E-state index is 5.54. The molecule has 1 saturated heterocycles. The van der Waals surface area contributed by atoms with E-state index in [2.05, 4.69) is 88.6 Å². The van der Waals surface area contributed by atoms with Gasteiger partial charge in [0.25, 0.3) is 0 Å². The summed E-state index contributed by atoms with van der Waals surface area (Å²) < 4.78 is 13.0. The van der Waals surface area contributed by atoms with Crippen LogP contribution in [0.2, 0.25) is 0 Å². The first-order valence-corrected chi connectivity index (χ1v) is 11.7. The normalized spacial score (nSPS) is 17.9. The summed E-state index contributed by atoms with van der Waals surface area (Å²) in [5.74, 6) is 2.60. The molecule has 5 rings (SSSR count). The maximum atomic E-state index is 5.54. The molecule has 0 amide bonds. The molecular weight excluding hydrogens is 416 g/mol. The van der Waals surface area contributed by atoms with Crippen LogP contribution in [0.3, 0.4) is 0 Å². The van der Waals surface area contributed by atoms with Crippen LogP contribution >= 0.6 is 0 Å². The quantitative estimate of drug-likeness (QED) is 0.548. The van der Waals surface area contributed by atoms with Crippen LogP contribution in [0, 0.1) is 0 Å². The van der Waals surface area contributed by atoms with Gasteiger partial charge in [-0.05, 0) is 54.0 Å². The Morgan fingerprint density at radius 1 is 0.970 bits per heavy atom. The Kier molecular flexibility index (Phi) is 6.03. The number of aromatic nitrogens is 4. The van der Waals surface area contributed by atoms with Gasteiger partial charge >= 0.3 is 0 Å². The first-order chi connectivity index (χ1) is 16.0. The molecule has 1 aromatic heterocycles. The van der Waals surface area contributed by atoms with Gasteiger partial charge in [-0.1, -0.05) is 43.3 Å². The summed E-state index contributed by atoms with van der Waals surface area (Å²) >= 11 is 0. The molecule has 3 aromatic rings. The third kappa shape index (κ3) is 4.45. The molecule has 1 atom stereocenters. The highest BCUT2D eigenvalue weighted by Gasteiger charge is 2.34. The molecule has 174 valence electrons. The molecule has 33 heavy (non-hydrogen) atoms. The predicted octanol–water partition coefficient (Wildman–Crippen LogP) is 3.45. The Morgan fingerprint density at radius 3 is 2.48 bits per heavy atom. The monoisotopic (exact) mass is 448 g/mol. The predicted molar refractivity (Wildman–Crippen MR) is 125 cm³/mol. The number of hydrogen-bond acceptors (Lipinski definition) is 7. The molecule has 0 N–H and O–H groups in total. The topological polar surface area (TPSA) is 68.5 Å². The van der Waals surface area contributed by atoms with Gasteiger partial charge in [-0.15, -0.1) is 5.10 Å². The zero-order valence-electron chi connectivity index (χ0n) is 19.6. The maximum Gasteiger partial charge on any atom is 0.231 e. The number of hydrogen-bond donors (Lipinski definition) is 0. The van der Waals surface area contributed by atoms with Gasteiger partial charge < -0.3 is 9.47 Å². The molecule has 8 nitrogen and oxygen atoms in total. The fourth-order valence-electron chi connectivity index (χ4n) is 4.58. The standard InChI is InChI=1S/C25H32N6O2/c1-4-25(2,3)31-24(26-27-28-31)23(20-8-6-5-7-9-20)30-14-12-29(13-15-30)17-19-10-11-21-22(16-19)33-18-32-21/h5-11,16,23H,4,12-15,17-18H2,1-3H3/t23-/m0/s1. The summed E-state index contributed by atoms with van der Waals surface area (Å²) in [4.78, 5) is 5.01. The largest absolute Gasteiger partial charge is 0.454 e. The lowest BCUT2D eigenvalue weighted by Crippen LogP contribution is -2.48. The lowest BCUT2D eigenvalue weighted by molar-refractivity contribution is 0.0972. The van der Waals surface area contributed by atoms with Gasteiger partial charge in [-0.2, -0.15) is 0 Å². The van der Waals surface area contributed by atoms with Crippen molar-refractivity contribution in [1.29, 1.82) is 0 Å². The summed E-state index contributed by atoms with van der Waals surface area (Å²) in [6, 6.07) is 16.9. The Hall–Kier alpha value is -2.97. The van der Waals surface area contributed by atoms with Crippen molar-refractivity contribution in [2.45, 2.75) is 45.3 Å². The molecule has 0 saturated carbocycles. The van der Waals surface area contributed by atoms with E-state index in [-0.39, 0.29) is 11.6 Å². The second kappa shape index (κ2) is 9.11. The first kappa shape index (κ1) is 21.9. The fourth-order valence-corrected chi connectivity index (χ4v) is 4.58. The molecule has 0 unspecified atom stereocenters. The van der Waals surface area contributed by atoms with Crippen LogP contribution in [0.4, 0.5) is 0 Å². The van der Waals surface area contributed by atoms with Crippen molar-refractivity contribution < 1.29 is 9.47 Å². The Morgan fingerprint density at radius 2 is 1.73 bits per heavy atom. The fraction of sp³-hybridized carbons (Fsp3) is 0.480. The molecule has 0 radical (unpaired) electrons. The van der Waals surface area contributed by atoms with Gasteiger partial charge in [0.15, 0.2) is 17.3 Å². The van der Waals surface area contributed by atoms with Crippen molar-refractivity contribution in [3.8, 4) is 11.5 Å². The van der Waals surface area contributed by atoms with E-state index in [0.717, 1.165) is 56.5 Å². The van der Waals surface area contributed by atoms with Gasteiger partial charge in [0.05, 0.1) is 11.6 Å². The van der Waals surface area contributed by atoms with E-state index in [1.165, 1.54) is 11.1 Å². The van der Waals surface area contributed by atoms with E-state index < -0.39 is 0 Å². The third-order valence-electron chi connectivity index (χ3n) is 6.91. The van der Waals surface area contributed by atoms with E-state index in [1.807, 2.05) is 10.7 Å². The number of fused-ring (bicyclic) bond motifs is 1. The van der Waals surface area contributed by atoms with Crippen molar-refractivity contribution in [3.05, 3.63) is 65.5 Å². The zero-order valence-corrected chi connectivity index (χ0v) is 19.6. The average Bonchev–Trinajstić information content (AvgIpc) is 3.51. The van der Waals surface area contributed by atoms with Gasteiger partial charge in [0, 0.05) is 32.7 Å². The average molecular weight is 449 g/mol. The first-order valence-electron chi connectivity index (χ1n) is 11.7. The number of ether oxygens (including phenoxy) is 2. The van der Waals surface area contributed by atoms with Gasteiger partial charge in [0.1, 0.15) is 0 Å². The van der Waals surface area contributed by atoms with E-state index >= 15 is 0 Å². The van der Waals surface area contributed by atoms with E-state index in [0.29, 0.717) is 6.79 Å². The molecule has 0 spiro atoms. The van der Waals surface area contributed by atoms with Crippen LogP contribution in [-0.4, -0.2) is 63.0 Å². The van der Waals surface area contributed by atoms with Gasteiger partial charge in [0.2, 0.25) is 6.79 Å². The molecule has 0 bridgehead atoms. The summed E-state index contributed by atoms with van der Waals surface area (Å²) in [5.41, 5.74) is 2.33. The number of rotatable bonds is 7. The SMILES string of the molecule is CCC(C)(C)n1nnnc1[C@H](c1ccccc1)N1CCN(Cc2ccc3c(c2)OCO3)CC1. The Balaban J connectivity index is 1.34. The van der Waals surface area contributed by atoms with Crippen molar-refractivity contribution in [2.75, 3.05) is 33.0 Å². The number of tetrazole rings is 1. The summed E-state index contributed by atoms with van der Waals surface area (Å²) in [7, 11) is 0. The van der Waals surface area contributed by atoms with Crippen LogP contribution in [0.5, 0.6) is 11.5 Å². The van der Waals surface area contributed by atoms with E-state index in [4.69, 9.17) is 9.47 Å². The molecule has 2 aromatic carbocycles. The van der Waals surface area contributed by atoms with Gasteiger partial charge in [-0.25, -0.2) is 4.68 Å². The number of benzene rings is 2. The molecule has 0 aliphatic carbocycles. The molecule has 3 heterocycles. The minimum Gasteiger partial charge on any atom is -0.454 e. The van der Waals surface area contributed by atoms with E-state index in [9.17, 15) is 0 Å². The Labute approximate surface area is 195 Å². The molecule has 2 aliphatic heterocycles. The van der Waals surface area contributed by atoms with Crippen molar-refractivity contribution in [3.63, 3.8) is 0 Å². The van der Waals surface area contributed by atoms with Crippen LogP contribution in [0.15, 0.2) is 48.5 Å². The highest BCUT2D eigenvalue weighted by molar-refractivity contribution is 5.44. The van der Waals surface area contributed by atoms with Gasteiger partial charge in [-0.3, -0.25) is 9.80 Å². The minimum absolute atomic E-state index is 0.0275. The third-order valence-corrected chi connectivity index (χ3v) is 6.91. The van der Waals surface area contributed by atoms with Crippen LogP contribution in [0.1, 0.15) is 50.2 Å². The summed E-state index contributed by atoms with van der Waals surface area (Å²) in [5, 5.41) is 13.0. The number of nitrogens with zero attached hydrogens (tertiary/aromatic N) is 6. The zero-order chi connectivity index (χ0) is 22.8. The smallest absolute Gasteiger partial charge is 0.231 e. The van der Waals surface area contributed by atoms with Crippen LogP contribution in [0.25, 0.3) is 0 Å². The van der Waals surface area contributed by atoms with Crippen molar-refractivity contribution >= 4 is 0 Å². The second-order valence-electron chi connectivity index (χ2n) is 9.43. The Bertz CT molecular complexity index is 1080. The highest BCUT2D eigenvalue weighted by atomic mass is 16.7. The molecule has 2 aliphatic rings. The van der Waals surface area contributed by atoms with Crippen molar-refractivity contribution in [2.24, 2.45) is 0 Å². The molecule has 8 heteroatoms. The summed E-state index contributed by atoms with van der Waals surface area (Å²) in [6.07, 6.45) is 0.954. The highest BCUT2D eigenvalue weighted by Crippen LogP contribution is 2.34. The molecular formula is C25H32N6O2. The second-order valence-corrected chi connectivity index (χ2v) is 9.43.